The number of hydrogen-bond acceptors (Lipinski definition) is 2. The molecule has 0 fully saturated rings. The van der Waals surface area contributed by atoms with Crippen LogP contribution in [0, 0.1) is 0 Å². The van der Waals surface area contributed by atoms with Gasteiger partial charge in [-0.15, -0.1) is 0 Å². The van der Waals surface area contributed by atoms with Crippen LogP contribution < -0.4 is 5.32 Å². The van der Waals surface area contributed by atoms with E-state index in [1.54, 1.807) is 11.9 Å². The van der Waals surface area contributed by atoms with Crippen LogP contribution in [0.2, 0.25) is 5.02 Å². The molecule has 0 radical (unpaired) electrons. The summed E-state index contributed by atoms with van der Waals surface area (Å²) in [5.41, 5.74) is 2.11. The van der Waals surface area contributed by atoms with Gasteiger partial charge >= 0.3 is 6.03 Å². The van der Waals surface area contributed by atoms with Gasteiger partial charge in [0.15, 0.2) is 0 Å². The summed E-state index contributed by atoms with van der Waals surface area (Å²) in [5.74, 6) is 0. The van der Waals surface area contributed by atoms with Crippen LogP contribution in [0.3, 0.4) is 0 Å². The average molecular weight is 346 g/mol. The number of urea groups is 1. The minimum atomic E-state index is -0.113. The van der Waals surface area contributed by atoms with Gasteiger partial charge in [0.2, 0.25) is 0 Å². The van der Waals surface area contributed by atoms with Crippen LogP contribution >= 0.6 is 11.6 Å². The van der Waals surface area contributed by atoms with Crippen LogP contribution in [0.25, 0.3) is 0 Å². The molecule has 0 aromatic heterocycles. The van der Waals surface area contributed by atoms with E-state index in [0.29, 0.717) is 18.1 Å². The highest BCUT2D eigenvalue weighted by Crippen LogP contribution is 2.18. The smallest absolute Gasteiger partial charge is 0.317 e. The van der Waals surface area contributed by atoms with Gasteiger partial charge in [0, 0.05) is 25.2 Å². The molecule has 0 bridgehead atoms. The van der Waals surface area contributed by atoms with Crippen LogP contribution in [0.1, 0.15) is 17.2 Å². The Kier molecular flexibility index (Phi) is 6.64. The Bertz CT molecular complexity index is 661. The zero-order valence-electron chi connectivity index (χ0n) is 14.4. The van der Waals surface area contributed by atoms with Crippen molar-refractivity contribution < 1.29 is 4.79 Å². The molecule has 5 heteroatoms. The predicted molar refractivity (Wildman–Crippen MR) is 99.2 cm³/mol. The molecule has 0 saturated heterocycles. The number of halogens is 1. The standard InChI is InChI=1S/C19H24ClN3O/c1-22(2)18(15-9-5-4-6-10-15)13-21-19(24)23(3)14-16-11-7-8-12-17(16)20/h4-12,18H,13-14H2,1-3H3,(H,21,24). The van der Waals surface area contributed by atoms with Crippen LogP contribution in [0.5, 0.6) is 0 Å². The number of carbonyl (C=O) groups excluding carboxylic acids is 1. The van der Waals surface area contributed by atoms with E-state index in [9.17, 15) is 4.79 Å². The summed E-state index contributed by atoms with van der Waals surface area (Å²) < 4.78 is 0. The molecule has 24 heavy (non-hydrogen) atoms. The summed E-state index contributed by atoms with van der Waals surface area (Å²) in [6.45, 7) is 1.02. The first-order valence-electron chi connectivity index (χ1n) is 7.92. The first-order chi connectivity index (χ1) is 11.5. The third-order valence-electron chi connectivity index (χ3n) is 3.97. The van der Waals surface area contributed by atoms with Gasteiger partial charge in [0.05, 0.1) is 6.04 Å². The molecule has 0 spiro atoms. The topological polar surface area (TPSA) is 35.6 Å². The van der Waals surface area contributed by atoms with E-state index < -0.39 is 0 Å². The number of nitrogens with one attached hydrogen (secondary N) is 1. The monoisotopic (exact) mass is 345 g/mol. The van der Waals surface area contributed by atoms with Crippen molar-refractivity contribution in [1.29, 1.82) is 0 Å². The van der Waals surface area contributed by atoms with Gasteiger partial charge in [0.25, 0.3) is 0 Å². The molecule has 1 atom stereocenters. The van der Waals surface area contributed by atoms with Crippen molar-refractivity contribution in [3.63, 3.8) is 0 Å². The van der Waals surface area contributed by atoms with E-state index in [2.05, 4.69) is 22.3 Å². The minimum absolute atomic E-state index is 0.113. The lowest BCUT2D eigenvalue weighted by atomic mass is 10.1. The van der Waals surface area contributed by atoms with Crippen molar-refractivity contribution in [3.05, 3.63) is 70.7 Å². The minimum Gasteiger partial charge on any atom is -0.336 e. The number of amides is 2. The largest absolute Gasteiger partial charge is 0.336 e. The molecule has 0 heterocycles. The summed E-state index contributed by atoms with van der Waals surface area (Å²) in [7, 11) is 5.79. The van der Waals surface area contributed by atoms with Crippen LogP contribution in [-0.2, 0) is 6.54 Å². The van der Waals surface area contributed by atoms with Gasteiger partial charge < -0.3 is 15.1 Å². The Morgan fingerprint density at radius 2 is 1.67 bits per heavy atom. The van der Waals surface area contributed by atoms with Crippen LogP contribution in [0.15, 0.2) is 54.6 Å². The van der Waals surface area contributed by atoms with Crippen molar-refractivity contribution >= 4 is 17.6 Å². The molecule has 0 saturated carbocycles. The summed E-state index contributed by atoms with van der Waals surface area (Å²) in [6.07, 6.45) is 0. The van der Waals surface area contributed by atoms with E-state index in [1.165, 1.54) is 5.56 Å². The molecule has 4 nitrogen and oxygen atoms in total. The van der Waals surface area contributed by atoms with Crippen molar-refractivity contribution in [1.82, 2.24) is 15.1 Å². The van der Waals surface area contributed by atoms with Crippen molar-refractivity contribution in [2.75, 3.05) is 27.7 Å². The van der Waals surface area contributed by atoms with Crippen LogP contribution in [-0.4, -0.2) is 43.5 Å². The molecule has 1 N–H and O–H groups in total. The number of rotatable bonds is 6. The van der Waals surface area contributed by atoms with Crippen molar-refractivity contribution in [3.8, 4) is 0 Å². The molecule has 2 rings (SSSR count). The fraction of sp³-hybridized carbons (Fsp3) is 0.316. The normalized spacial score (nSPS) is 12.0. The lowest BCUT2D eigenvalue weighted by Gasteiger charge is -2.26. The number of hydrogen-bond donors (Lipinski definition) is 1. The molecule has 0 aliphatic rings. The first-order valence-corrected chi connectivity index (χ1v) is 8.30. The number of benzene rings is 2. The van der Waals surface area contributed by atoms with Gasteiger partial charge in [-0.2, -0.15) is 0 Å². The molecular formula is C19H24ClN3O. The number of nitrogens with zero attached hydrogens (tertiary/aromatic N) is 2. The second-order valence-electron chi connectivity index (χ2n) is 6.02. The zero-order chi connectivity index (χ0) is 17.5. The van der Waals surface area contributed by atoms with Crippen molar-refractivity contribution in [2.45, 2.75) is 12.6 Å². The molecule has 0 aliphatic heterocycles. The maximum absolute atomic E-state index is 12.4. The van der Waals surface area contributed by atoms with Gasteiger partial charge in [-0.05, 0) is 31.3 Å². The van der Waals surface area contributed by atoms with E-state index in [-0.39, 0.29) is 12.1 Å². The summed E-state index contributed by atoms with van der Waals surface area (Å²) in [6, 6.07) is 17.7. The van der Waals surface area contributed by atoms with Gasteiger partial charge in [-0.1, -0.05) is 60.1 Å². The molecule has 0 aliphatic carbocycles. The Morgan fingerprint density at radius 1 is 1.04 bits per heavy atom. The van der Waals surface area contributed by atoms with E-state index in [4.69, 9.17) is 11.6 Å². The molecule has 2 aromatic carbocycles. The fourth-order valence-electron chi connectivity index (χ4n) is 2.55. The maximum atomic E-state index is 12.4. The zero-order valence-corrected chi connectivity index (χ0v) is 15.1. The maximum Gasteiger partial charge on any atom is 0.317 e. The molecule has 128 valence electrons. The lowest BCUT2D eigenvalue weighted by molar-refractivity contribution is 0.200. The summed E-state index contributed by atoms with van der Waals surface area (Å²) in [5, 5.41) is 3.68. The van der Waals surface area contributed by atoms with E-state index in [1.807, 2.05) is 56.6 Å². The molecule has 2 aromatic rings. The average Bonchev–Trinajstić information content (AvgIpc) is 2.57. The highest BCUT2D eigenvalue weighted by molar-refractivity contribution is 6.31. The van der Waals surface area contributed by atoms with Gasteiger partial charge in [-0.3, -0.25) is 0 Å². The molecule has 2 amide bonds. The third kappa shape index (κ3) is 4.98. The second-order valence-corrected chi connectivity index (χ2v) is 6.43. The van der Waals surface area contributed by atoms with E-state index >= 15 is 0 Å². The Labute approximate surface area is 149 Å². The molecule has 1 unspecified atom stereocenters. The highest BCUT2D eigenvalue weighted by Gasteiger charge is 2.17. The Hall–Kier alpha value is -2.04. The second kappa shape index (κ2) is 8.71. The van der Waals surface area contributed by atoms with E-state index in [0.717, 1.165) is 5.56 Å². The predicted octanol–water partition coefficient (Wildman–Crippen LogP) is 3.78. The summed E-state index contributed by atoms with van der Waals surface area (Å²) in [4.78, 5) is 16.1. The fourth-order valence-corrected chi connectivity index (χ4v) is 2.74. The lowest BCUT2D eigenvalue weighted by Crippen LogP contribution is -2.41. The SMILES string of the molecule is CN(Cc1ccccc1Cl)C(=O)NCC(c1ccccc1)N(C)C. The Morgan fingerprint density at radius 3 is 2.29 bits per heavy atom. The van der Waals surface area contributed by atoms with Crippen LogP contribution in [0.4, 0.5) is 4.79 Å². The number of likely N-dealkylation sites (N-methyl/N-ethyl adjacent to an activating group) is 1. The summed E-state index contributed by atoms with van der Waals surface area (Å²) >= 11 is 6.16. The number of carbonyl (C=O) groups is 1. The Balaban J connectivity index is 1.94. The van der Waals surface area contributed by atoms with Gasteiger partial charge in [-0.25, -0.2) is 4.79 Å². The van der Waals surface area contributed by atoms with Crippen molar-refractivity contribution in [2.24, 2.45) is 0 Å². The molecular weight excluding hydrogens is 322 g/mol. The van der Waals surface area contributed by atoms with Gasteiger partial charge in [0.1, 0.15) is 0 Å². The highest BCUT2D eigenvalue weighted by atomic mass is 35.5. The third-order valence-corrected chi connectivity index (χ3v) is 4.34. The quantitative estimate of drug-likeness (QED) is 0.864. The first kappa shape index (κ1) is 18.3.